The topological polar surface area (TPSA) is 0 Å². The third-order valence-electron chi connectivity index (χ3n) is 12.2. The number of fused-ring (bicyclic) bond motifs is 8. The van der Waals surface area contributed by atoms with Crippen molar-refractivity contribution < 1.29 is 0 Å². The predicted molar refractivity (Wildman–Crippen MR) is 236 cm³/mol. The maximum absolute atomic E-state index is 2.44. The van der Waals surface area contributed by atoms with Gasteiger partial charge in [0.15, 0.2) is 0 Å². The van der Waals surface area contributed by atoms with E-state index in [0.29, 0.717) is 0 Å². The normalized spacial score (nSPS) is 13.1. The smallest absolute Gasteiger partial charge is 0.0159 e. The monoisotopic (exact) mass is 698 g/mol. The van der Waals surface area contributed by atoms with E-state index < -0.39 is 0 Å². The molecule has 0 unspecified atom stereocenters. The zero-order valence-corrected chi connectivity index (χ0v) is 31.0. The van der Waals surface area contributed by atoms with Gasteiger partial charge < -0.3 is 0 Å². The standard InChI is InChI=1S/C55H38/c1-55(2)50-34-41(29-30-44(50)49-32-39-17-6-7-18-40(39)33-51(49)55)35-24-26-38(27-25-35)52-46-22-12-13-23-47(46)54(53-43-20-9-8-16-37(43)28-31-48(52)53)45-21-11-10-19-42(45)36-14-4-3-5-15-36/h3-34H,1-2H3. The van der Waals surface area contributed by atoms with Crippen LogP contribution in [0.5, 0.6) is 0 Å². The summed E-state index contributed by atoms with van der Waals surface area (Å²) in [4.78, 5) is 0. The summed E-state index contributed by atoms with van der Waals surface area (Å²) in [5, 5.41) is 10.2. The molecule has 0 atom stereocenters. The second kappa shape index (κ2) is 12.1. The second-order valence-electron chi connectivity index (χ2n) is 15.6. The van der Waals surface area contributed by atoms with Gasteiger partial charge in [0.05, 0.1) is 0 Å². The Labute approximate surface area is 322 Å². The van der Waals surface area contributed by atoms with E-state index in [1.54, 1.807) is 0 Å². The molecule has 55 heavy (non-hydrogen) atoms. The Morgan fingerprint density at radius 2 is 0.855 bits per heavy atom. The van der Waals surface area contributed by atoms with Gasteiger partial charge in [-0.25, -0.2) is 0 Å². The van der Waals surface area contributed by atoms with Crippen molar-refractivity contribution in [2.24, 2.45) is 0 Å². The summed E-state index contributed by atoms with van der Waals surface area (Å²) in [5.74, 6) is 0. The number of hydrogen-bond donors (Lipinski definition) is 0. The van der Waals surface area contributed by atoms with Gasteiger partial charge in [0, 0.05) is 5.41 Å². The lowest BCUT2D eigenvalue weighted by molar-refractivity contribution is 0.661. The quantitative estimate of drug-likeness (QED) is 0.127. The third-order valence-corrected chi connectivity index (χ3v) is 12.2. The summed E-state index contributed by atoms with van der Waals surface area (Å²) in [5.41, 5.74) is 15.4. The molecular formula is C55H38. The first-order valence-corrected chi connectivity index (χ1v) is 19.3. The van der Waals surface area contributed by atoms with Crippen LogP contribution in [0, 0.1) is 0 Å². The molecular weight excluding hydrogens is 661 g/mol. The molecule has 1 aliphatic carbocycles. The Hall–Kier alpha value is -6.76. The minimum Gasteiger partial charge on any atom is -0.0622 e. The summed E-state index contributed by atoms with van der Waals surface area (Å²) >= 11 is 0. The average Bonchev–Trinajstić information content (AvgIpc) is 3.46. The molecule has 11 rings (SSSR count). The van der Waals surface area contributed by atoms with Crippen LogP contribution in [0.3, 0.4) is 0 Å². The molecule has 0 saturated carbocycles. The fourth-order valence-electron chi connectivity index (χ4n) is 9.54. The van der Waals surface area contributed by atoms with E-state index in [1.165, 1.54) is 110 Å². The van der Waals surface area contributed by atoms with Crippen molar-refractivity contribution in [3.05, 3.63) is 205 Å². The Kier molecular flexibility index (Phi) is 7.00. The molecule has 0 aromatic heterocycles. The van der Waals surface area contributed by atoms with E-state index in [-0.39, 0.29) is 5.41 Å². The van der Waals surface area contributed by atoms with E-state index in [2.05, 4.69) is 208 Å². The molecule has 0 heterocycles. The van der Waals surface area contributed by atoms with Gasteiger partial charge in [0.1, 0.15) is 0 Å². The number of benzene rings is 10. The van der Waals surface area contributed by atoms with Crippen LogP contribution in [0.25, 0.3) is 98.7 Å². The number of hydrogen-bond acceptors (Lipinski definition) is 0. The summed E-state index contributed by atoms with van der Waals surface area (Å²) in [7, 11) is 0. The lowest BCUT2D eigenvalue weighted by atomic mass is 9.81. The molecule has 10 aromatic carbocycles. The largest absolute Gasteiger partial charge is 0.0622 e. The minimum absolute atomic E-state index is 0.0773. The molecule has 0 aliphatic heterocycles. The Balaban J connectivity index is 1.10. The fraction of sp³-hybridized carbons (Fsp3) is 0.0545. The SMILES string of the molecule is CC1(C)c2cc(-c3ccc(-c4c5ccccc5c(-c5ccccc5-c5ccccc5)c5c4ccc4ccccc45)cc3)ccc2-c2cc3ccccc3cc21. The van der Waals surface area contributed by atoms with E-state index in [9.17, 15) is 0 Å². The highest BCUT2D eigenvalue weighted by molar-refractivity contribution is 6.28. The van der Waals surface area contributed by atoms with Gasteiger partial charge in [-0.1, -0.05) is 190 Å². The molecule has 258 valence electrons. The maximum atomic E-state index is 2.44. The average molecular weight is 699 g/mol. The maximum Gasteiger partial charge on any atom is 0.0159 e. The molecule has 1 aliphatic rings. The van der Waals surface area contributed by atoms with Crippen LogP contribution in [0.2, 0.25) is 0 Å². The Bertz CT molecular complexity index is 3140. The van der Waals surface area contributed by atoms with Crippen molar-refractivity contribution in [2.75, 3.05) is 0 Å². The van der Waals surface area contributed by atoms with Crippen molar-refractivity contribution in [3.8, 4) is 55.6 Å². The van der Waals surface area contributed by atoms with Gasteiger partial charge >= 0.3 is 0 Å². The van der Waals surface area contributed by atoms with E-state index in [1.807, 2.05) is 0 Å². The summed E-state index contributed by atoms with van der Waals surface area (Å²) in [6.07, 6.45) is 0. The van der Waals surface area contributed by atoms with Crippen LogP contribution in [0.1, 0.15) is 25.0 Å². The molecule has 10 aromatic rings. The Morgan fingerprint density at radius 1 is 0.291 bits per heavy atom. The zero-order valence-electron chi connectivity index (χ0n) is 31.0. The van der Waals surface area contributed by atoms with E-state index in [4.69, 9.17) is 0 Å². The van der Waals surface area contributed by atoms with Gasteiger partial charge in [-0.05, 0) is 128 Å². The van der Waals surface area contributed by atoms with Crippen LogP contribution in [-0.2, 0) is 5.41 Å². The molecule has 0 amide bonds. The molecule has 0 fully saturated rings. The van der Waals surface area contributed by atoms with Crippen molar-refractivity contribution in [2.45, 2.75) is 19.3 Å². The van der Waals surface area contributed by atoms with Gasteiger partial charge in [-0.15, -0.1) is 0 Å². The van der Waals surface area contributed by atoms with Crippen LogP contribution in [0.15, 0.2) is 194 Å². The van der Waals surface area contributed by atoms with Crippen LogP contribution < -0.4 is 0 Å². The zero-order chi connectivity index (χ0) is 36.7. The van der Waals surface area contributed by atoms with Crippen LogP contribution in [-0.4, -0.2) is 0 Å². The number of rotatable bonds is 4. The Morgan fingerprint density at radius 3 is 1.62 bits per heavy atom. The molecule has 0 bridgehead atoms. The summed E-state index contributed by atoms with van der Waals surface area (Å²) in [6.45, 7) is 4.75. The van der Waals surface area contributed by atoms with Crippen molar-refractivity contribution in [3.63, 3.8) is 0 Å². The van der Waals surface area contributed by atoms with Gasteiger partial charge in [-0.2, -0.15) is 0 Å². The first kappa shape index (κ1) is 31.7. The van der Waals surface area contributed by atoms with Gasteiger partial charge in [0.25, 0.3) is 0 Å². The molecule has 0 radical (unpaired) electrons. The van der Waals surface area contributed by atoms with Crippen LogP contribution in [0.4, 0.5) is 0 Å². The first-order valence-electron chi connectivity index (χ1n) is 19.3. The van der Waals surface area contributed by atoms with E-state index >= 15 is 0 Å². The highest BCUT2D eigenvalue weighted by Gasteiger charge is 2.36. The second-order valence-corrected chi connectivity index (χ2v) is 15.6. The van der Waals surface area contributed by atoms with Crippen molar-refractivity contribution in [1.29, 1.82) is 0 Å². The highest BCUT2D eigenvalue weighted by atomic mass is 14.4. The lowest BCUT2D eigenvalue weighted by Gasteiger charge is -2.22. The summed E-state index contributed by atoms with van der Waals surface area (Å²) < 4.78 is 0. The van der Waals surface area contributed by atoms with Crippen LogP contribution >= 0.6 is 0 Å². The molecule has 0 nitrogen and oxygen atoms in total. The summed E-state index contributed by atoms with van der Waals surface area (Å²) in [6, 6.07) is 72.2. The third kappa shape index (κ3) is 4.85. The highest BCUT2D eigenvalue weighted by Crippen LogP contribution is 2.52. The van der Waals surface area contributed by atoms with Crippen molar-refractivity contribution >= 4 is 43.1 Å². The van der Waals surface area contributed by atoms with Gasteiger partial charge in [0.2, 0.25) is 0 Å². The fourth-order valence-corrected chi connectivity index (χ4v) is 9.54. The van der Waals surface area contributed by atoms with E-state index in [0.717, 1.165) is 0 Å². The first-order chi connectivity index (χ1) is 27.0. The minimum atomic E-state index is -0.0773. The predicted octanol–water partition coefficient (Wildman–Crippen LogP) is 15.3. The lowest BCUT2D eigenvalue weighted by Crippen LogP contribution is -2.15. The molecule has 0 spiro atoms. The van der Waals surface area contributed by atoms with Crippen molar-refractivity contribution in [1.82, 2.24) is 0 Å². The molecule has 0 heteroatoms. The van der Waals surface area contributed by atoms with Gasteiger partial charge in [-0.3, -0.25) is 0 Å². The molecule has 0 saturated heterocycles. The molecule has 0 N–H and O–H groups in total.